The van der Waals surface area contributed by atoms with Gasteiger partial charge in [-0.2, -0.15) is 0 Å². The van der Waals surface area contributed by atoms with Gasteiger partial charge in [0.05, 0.1) is 6.04 Å². The molecule has 2 aromatic carbocycles. The van der Waals surface area contributed by atoms with Crippen LogP contribution in [0.5, 0.6) is 0 Å². The Kier molecular flexibility index (Phi) is 7.37. The number of anilines is 1. The molecule has 3 amide bonds. The highest BCUT2D eigenvalue weighted by Crippen LogP contribution is 2.17. The quantitative estimate of drug-likeness (QED) is 0.702. The molecular formula is C21H28N4O2. The first-order chi connectivity index (χ1) is 12.9. The lowest BCUT2D eigenvalue weighted by Gasteiger charge is -2.25. The van der Waals surface area contributed by atoms with Crippen molar-refractivity contribution in [2.45, 2.75) is 25.9 Å². The van der Waals surface area contributed by atoms with Gasteiger partial charge in [0.2, 0.25) is 0 Å². The van der Waals surface area contributed by atoms with Gasteiger partial charge in [-0.25, -0.2) is 4.79 Å². The van der Waals surface area contributed by atoms with Gasteiger partial charge in [0.25, 0.3) is 5.91 Å². The van der Waals surface area contributed by atoms with Crippen molar-refractivity contribution in [2.75, 3.05) is 26.0 Å². The number of nitrogens with zero attached hydrogens (tertiary/aromatic N) is 1. The molecule has 0 bridgehead atoms. The monoisotopic (exact) mass is 368 g/mol. The first-order valence-electron chi connectivity index (χ1n) is 9.04. The zero-order valence-electron chi connectivity index (χ0n) is 16.3. The summed E-state index contributed by atoms with van der Waals surface area (Å²) in [4.78, 5) is 26.5. The highest BCUT2D eigenvalue weighted by Gasteiger charge is 2.16. The lowest BCUT2D eigenvalue weighted by molar-refractivity contribution is 0.0942. The lowest BCUT2D eigenvalue weighted by Crippen LogP contribution is -2.35. The molecule has 0 fully saturated rings. The summed E-state index contributed by atoms with van der Waals surface area (Å²) in [7, 11) is 3.98. The van der Waals surface area contributed by atoms with Gasteiger partial charge in [-0.3, -0.25) is 4.79 Å². The van der Waals surface area contributed by atoms with Crippen molar-refractivity contribution in [2.24, 2.45) is 0 Å². The number of hydrogen-bond donors (Lipinski definition) is 3. The Balaban J connectivity index is 2.01. The van der Waals surface area contributed by atoms with E-state index < -0.39 is 0 Å². The Morgan fingerprint density at radius 2 is 1.70 bits per heavy atom. The maximum absolute atomic E-state index is 12.6. The molecule has 0 saturated carbocycles. The molecule has 27 heavy (non-hydrogen) atoms. The summed E-state index contributed by atoms with van der Waals surface area (Å²) in [6.45, 7) is 4.26. The molecule has 144 valence electrons. The van der Waals surface area contributed by atoms with Crippen LogP contribution in [0.15, 0.2) is 54.6 Å². The summed E-state index contributed by atoms with van der Waals surface area (Å²) in [5, 5.41) is 8.48. The number of rotatable bonds is 7. The third-order valence-corrected chi connectivity index (χ3v) is 4.07. The van der Waals surface area contributed by atoms with E-state index >= 15 is 0 Å². The number of carbonyl (C=O) groups excluding carboxylic acids is 2. The van der Waals surface area contributed by atoms with Gasteiger partial charge >= 0.3 is 6.03 Å². The van der Waals surface area contributed by atoms with Crippen molar-refractivity contribution >= 4 is 17.6 Å². The van der Waals surface area contributed by atoms with Crippen LogP contribution in [-0.4, -0.2) is 43.5 Å². The van der Waals surface area contributed by atoms with Crippen molar-refractivity contribution in [1.29, 1.82) is 0 Å². The van der Waals surface area contributed by atoms with E-state index in [1.807, 2.05) is 46.1 Å². The van der Waals surface area contributed by atoms with Crippen molar-refractivity contribution in [3.63, 3.8) is 0 Å². The minimum atomic E-state index is -0.292. The normalized spacial score (nSPS) is 11.9. The molecule has 2 aromatic rings. The molecule has 3 N–H and O–H groups in total. The van der Waals surface area contributed by atoms with Gasteiger partial charge in [0, 0.05) is 23.8 Å². The molecule has 0 heterocycles. The molecular weight excluding hydrogens is 340 g/mol. The molecule has 0 aliphatic rings. The molecule has 6 heteroatoms. The smallest absolute Gasteiger partial charge is 0.319 e. The predicted molar refractivity (Wildman–Crippen MR) is 109 cm³/mol. The maximum atomic E-state index is 12.6. The van der Waals surface area contributed by atoms with E-state index in [0.717, 1.165) is 5.56 Å². The molecule has 2 rings (SSSR count). The van der Waals surface area contributed by atoms with Crippen LogP contribution >= 0.6 is 0 Å². The molecule has 1 atom stereocenters. The van der Waals surface area contributed by atoms with Gasteiger partial charge in [0.15, 0.2) is 0 Å². The minimum Gasteiger partial charge on any atom is -0.350 e. The van der Waals surface area contributed by atoms with Crippen LogP contribution < -0.4 is 16.0 Å². The van der Waals surface area contributed by atoms with Gasteiger partial charge in [-0.05, 0) is 51.7 Å². The van der Waals surface area contributed by atoms with Crippen molar-refractivity contribution < 1.29 is 9.59 Å². The second kappa shape index (κ2) is 9.73. The average molecular weight is 368 g/mol. The third-order valence-electron chi connectivity index (χ3n) is 4.07. The lowest BCUT2D eigenvalue weighted by atomic mass is 10.1. The van der Waals surface area contributed by atoms with Crippen LogP contribution in [0.2, 0.25) is 0 Å². The summed E-state index contributed by atoms with van der Waals surface area (Å²) >= 11 is 0. The fourth-order valence-electron chi connectivity index (χ4n) is 2.73. The molecule has 1 unspecified atom stereocenters. The fourth-order valence-corrected chi connectivity index (χ4v) is 2.73. The molecule has 0 saturated heterocycles. The Morgan fingerprint density at radius 3 is 2.33 bits per heavy atom. The molecule has 0 spiro atoms. The summed E-state index contributed by atoms with van der Waals surface area (Å²) in [6, 6.07) is 16.8. The van der Waals surface area contributed by atoms with Crippen LogP contribution in [0.3, 0.4) is 0 Å². The number of likely N-dealkylation sites (N-methyl/N-ethyl adjacent to an activating group) is 1. The SMILES string of the molecule is CC(C)NC(=O)Nc1cccc(C(=O)NCC(c2ccccc2)N(C)C)c1. The highest BCUT2D eigenvalue weighted by atomic mass is 16.2. The zero-order chi connectivity index (χ0) is 19.8. The minimum absolute atomic E-state index is 0.0393. The van der Waals surface area contributed by atoms with Gasteiger partial charge in [-0.1, -0.05) is 36.4 Å². The fraction of sp³-hybridized carbons (Fsp3) is 0.333. The molecule has 6 nitrogen and oxygen atoms in total. The van der Waals surface area contributed by atoms with Crippen molar-refractivity contribution in [3.8, 4) is 0 Å². The van der Waals surface area contributed by atoms with E-state index in [1.54, 1.807) is 24.3 Å². The third kappa shape index (κ3) is 6.42. The summed E-state index contributed by atoms with van der Waals surface area (Å²) in [5.41, 5.74) is 2.22. The molecule has 0 aliphatic carbocycles. The Hall–Kier alpha value is -2.86. The summed E-state index contributed by atoms with van der Waals surface area (Å²) < 4.78 is 0. The molecule has 0 radical (unpaired) electrons. The average Bonchev–Trinajstić information content (AvgIpc) is 2.61. The van der Waals surface area contributed by atoms with E-state index in [2.05, 4.69) is 33.0 Å². The largest absolute Gasteiger partial charge is 0.350 e. The predicted octanol–water partition coefficient (Wildman–Crippen LogP) is 3.25. The van der Waals surface area contributed by atoms with E-state index in [0.29, 0.717) is 17.8 Å². The van der Waals surface area contributed by atoms with Crippen LogP contribution in [0.1, 0.15) is 35.8 Å². The first kappa shape index (κ1) is 20.5. The second-order valence-corrected chi connectivity index (χ2v) is 6.93. The molecule has 0 aromatic heterocycles. The Morgan fingerprint density at radius 1 is 1.00 bits per heavy atom. The van der Waals surface area contributed by atoms with E-state index in [1.165, 1.54) is 0 Å². The number of hydrogen-bond acceptors (Lipinski definition) is 3. The number of urea groups is 1. The van der Waals surface area contributed by atoms with Crippen LogP contribution in [0, 0.1) is 0 Å². The van der Waals surface area contributed by atoms with Crippen molar-refractivity contribution in [3.05, 3.63) is 65.7 Å². The summed E-state index contributed by atoms with van der Waals surface area (Å²) in [5.74, 6) is -0.175. The number of benzene rings is 2. The number of amides is 3. The highest BCUT2D eigenvalue weighted by molar-refractivity contribution is 5.96. The van der Waals surface area contributed by atoms with Gasteiger partial charge in [0.1, 0.15) is 0 Å². The first-order valence-corrected chi connectivity index (χ1v) is 9.04. The summed E-state index contributed by atoms with van der Waals surface area (Å²) in [6.07, 6.45) is 0. The van der Waals surface area contributed by atoms with Crippen LogP contribution in [-0.2, 0) is 0 Å². The van der Waals surface area contributed by atoms with E-state index in [-0.39, 0.29) is 24.0 Å². The van der Waals surface area contributed by atoms with E-state index in [4.69, 9.17) is 0 Å². The number of carbonyl (C=O) groups is 2. The Bertz CT molecular complexity index is 760. The zero-order valence-corrected chi connectivity index (χ0v) is 16.3. The Labute approximate surface area is 161 Å². The van der Waals surface area contributed by atoms with Crippen LogP contribution in [0.25, 0.3) is 0 Å². The number of nitrogens with one attached hydrogen (secondary N) is 3. The van der Waals surface area contributed by atoms with Crippen molar-refractivity contribution in [1.82, 2.24) is 15.5 Å². The van der Waals surface area contributed by atoms with E-state index in [9.17, 15) is 9.59 Å². The topological polar surface area (TPSA) is 73.5 Å². The van der Waals surface area contributed by atoms with Crippen LogP contribution in [0.4, 0.5) is 10.5 Å². The second-order valence-electron chi connectivity index (χ2n) is 6.93. The molecule has 0 aliphatic heterocycles. The maximum Gasteiger partial charge on any atom is 0.319 e. The van der Waals surface area contributed by atoms with Gasteiger partial charge < -0.3 is 20.9 Å². The standard InChI is InChI=1S/C21H28N4O2/c1-15(2)23-21(27)24-18-12-8-11-17(13-18)20(26)22-14-19(25(3)4)16-9-6-5-7-10-16/h5-13,15,19H,14H2,1-4H3,(H,22,26)(H2,23,24,27). The van der Waals surface area contributed by atoms with Gasteiger partial charge in [-0.15, -0.1) is 0 Å².